The molecule has 0 saturated carbocycles. The maximum atomic E-state index is 12.4. The smallest absolute Gasteiger partial charge is 0.233 e. The summed E-state index contributed by atoms with van der Waals surface area (Å²) in [6.07, 6.45) is 1.97. The van der Waals surface area contributed by atoms with Gasteiger partial charge in [0.2, 0.25) is 5.91 Å². The van der Waals surface area contributed by atoms with Gasteiger partial charge in [-0.3, -0.25) is 4.79 Å². The van der Waals surface area contributed by atoms with Crippen LogP contribution >= 0.6 is 46.5 Å². The summed E-state index contributed by atoms with van der Waals surface area (Å²) < 4.78 is 1.78. The molecule has 1 aromatic carbocycles. The number of hydrogen-bond donors (Lipinski definition) is 0. The van der Waals surface area contributed by atoms with Crippen molar-refractivity contribution in [3.63, 3.8) is 0 Å². The third-order valence-electron chi connectivity index (χ3n) is 3.69. The topological polar surface area (TPSA) is 49.3 Å². The number of benzene rings is 1. The fraction of sp³-hybridized carbons (Fsp3) is 0.400. The summed E-state index contributed by atoms with van der Waals surface area (Å²) in [4.78, 5) is 16.5. The van der Waals surface area contributed by atoms with Crippen molar-refractivity contribution in [2.24, 2.45) is 0 Å². The second kappa shape index (κ2) is 8.42. The predicted octanol–water partition coefficient (Wildman–Crippen LogP) is 3.35. The lowest BCUT2D eigenvalue weighted by atomic mass is 10.2. The van der Waals surface area contributed by atoms with Gasteiger partial charge in [-0.15, -0.1) is 10.2 Å². The normalized spacial score (nSPS) is 14.9. The molecule has 3 rings (SSSR count). The summed E-state index contributed by atoms with van der Waals surface area (Å²) in [5.41, 5.74) is 1.11. The van der Waals surface area contributed by atoms with Crippen LogP contribution in [0.2, 0.25) is 5.02 Å². The van der Waals surface area contributed by atoms with E-state index in [0.29, 0.717) is 5.75 Å². The quantitative estimate of drug-likeness (QED) is 0.717. The molecule has 1 saturated heterocycles. The average molecular weight is 401 g/mol. The van der Waals surface area contributed by atoms with E-state index in [9.17, 15) is 4.79 Å². The first kappa shape index (κ1) is 17.8. The first-order valence-corrected chi connectivity index (χ1v) is 10.8. The van der Waals surface area contributed by atoms with Crippen molar-refractivity contribution in [1.82, 2.24) is 15.1 Å². The van der Waals surface area contributed by atoms with Crippen molar-refractivity contribution >= 4 is 58.1 Å². The van der Waals surface area contributed by atoms with E-state index in [4.69, 9.17) is 11.6 Å². The minimum absolute atomic E-state index is 0.159. The van der Waals surface area contributed by atoms with Crippen LogP contribution in [0, 0.1) is 0 Å². The Labute approximate surface area is 158 Å². The molecule has 1 aliphatic heterocycles. The van der Waals surface area contributed by atoms with Gasteiger partial charge in [0, 0.05) is 36.9 Å². The summed E-state index contributed by atoms with van der Waals surface area (Å²) in [5, 5.41) is 8.87. The molecule has 0 bridgehead atoms. The van der Waals surface area contributed by atoms with E-state index in [1.165, 1.54) is 23.1 Å². The Balaban J connectivity index is 1.48. The highest BCUT2D eigenvalue weighted by Gasteiger charge is 2.21. The number of aromatic nitrogens is 2. The highest BCUT2D eigenvalue weighted by Crippen LogP contribution is 2.27. The molecule has 0 N–H and O–H groups in total. The molecule has 1 aliphatic rings. The molecule has 9 heteroatoms. The van der Waals surface area contributed by atoms with Crippen molar-refractivity contribution < 1.29 is 4.79 Å². The lowest BCUT2D eigenvalue weighted by Crippen LogP contribution is -2.49. The molecule has 5 nitrogen and oxygen atoms in total. The van der Waals surface area contributed by atoms with Crippen LogP contribution in [0.5, 0.6) is 0 Å². The average Bonchev–Trinajstić information content (AvgIpc) is 3.08. The lowest BCUT2D eigenvalue weighted by Gasteiger charge is -2.36. The van der Waals surface area contributed by atoms with Gasteiger partial charge in [-0.05, 0) is 24.5 Å². The fourth-order valence-electron chi connectivity index (χ4n) is 2.44. The van der Waals surface area contributed by atoms with Crippen molar-refractivity contribution in [1.29, 1.82) is 0 Å². The molecule has 0 atom stereocenters. The molecule has 24 heavy (non-hydrogen) atoms. The second-order valence-electron chi connectivity index (χ2n) is 5.17. The van der Waals surface area contributed by atoms with Crippen LogP contribution in [0.4, 0.5) is 5.69 Å². The molecule has 0 radical (unpaired) electrons. The molecular weight excluding hydrogens is 384 g/mol. The zero-order valence-electron chi connectivity index (χ0n) is 13.1. The van der Waals surface area contributed by atoms with Crippen LogP contribution in [0.25, 0.3) is 0 Å². The first-order chi connectivity index (χ1) is 11.7. The molecule has 0 spiro atoms. The maximum absolute atomic E-state index is 12.4. The number of anilines is 1. The van der Waals surface area contributed by atoms with Crippen LogP contribution in [0.1, 0.15) is 0 Å². The van der Waals surface area contributed by atoms with E-state index in [2.05, 4.69) is 21.2 Å². The number of nitrogens with zero attached hydrogens (tertiary/aromatic N) is 4. The standard InChI is InChI=1S/C15H17ClN4OS3/c1-22-14-17-18-15(24-14)23-10-13(21)20-7-5-19(6-8-20)12-4-2-3-11(16)9-12/h2-4,9H,5-8,10H2,1H3. The number of carbonyl (C=O) groups is 1. The van der Waals surface area contributed by atoms with E-state index >= 15 is 0 Å². The Hall–Kier alpha value is -0.960. The van der Waals surface area contributed by atoms with Crippen molar-refractivity contribution in [2.45, 2.75) is 8.68 Å². The van der Waals surface area contributed by atoms with Gasteiger partial charge in [0.15, 0.2) is 8.68 Å². The van der Waals surface area contributed by atoms with E-state index in [-0.39, 0.29) is 5.91 Å². The molecule has 0 aliphatic carbocycles. The molecule has 2 aromatic rings. The monoisotopic (exact) mass is 400 g/mol. The number of halogens is 1. The number of piperazine rings is 1. The van der Waals surface area contributed by atoms with Crippen LogP contribution in [-0.4, -0.2) is 59.2 Å². The van der Waals surface area contributed by atoms with Crippen molar-refractivity contribution in [2.75, 3.05) is 43.1 Å². The maximum Gasteiger partial charge on any atom is 0.233 e. The molecule has 1 aromatic heterocycles. The lowest BCUT2D eigenvalue weighted by molar-refractivity contribution is -0.128. The summed E-state index contributed by atoms with van der Waals surface area (Å²) in [6, 6.07) is 7.85. The molecule has 1 fully saturated rings. The number of thioether (sulfide) groups is 2. The van der Waals surface area contributed by atoms with Gasteiger partial charge in [0.05, 0.1) is 5.75 Å². The van der Waals surface area contributed by atoms with Gasteiger partial charge in [-0.25, -0.2) is 0 Å². The first-order valence-electron chi connectivity index (χ1n) is 7.44. The van der Waals surface area contributed by atoms with Gasteiger partial charge in [0.1, 0.15) is 0 Å². The van der Waals surface area contributed by atoms with Gasteiger partial charge in [-0.1, -0.05) is 52.5 Å². The van der Waals surface area contributed by atoms with Crippen LogP contribution in [-0.2, 0) is 4.79 Å². The van der Waals surface area contributed by atoms with Crippen molar-refractivity contribution in [3.05, 3.63) is 29.3 Å². The minimum Gasteiger partial charge on any atom is -0.368 e. The van der Waals surface area contributed by atoms with E-state index in [1.807, 2.05) is 29.4 Å². The SMILES string of the molecule is CSc1nnc(SCC(=O)N2CCN(c3cccc(Cl)c3)CC2)s1. The summed E-state index contributed by atoms with van der Waals surface area (Å²) in [5.74, 6) is 0.576. The van der Waals surface area contributed by atoms with Crippen molar-refractivity contribution in [3.8, 4) is 0 Å². The number of amides is 1. The Kier molecular flexibility index (Phi) is 6.26. The summed E-state index contributed by atoms with van der Waals surface area (Å²) in [7, 11) is 0. The van der Waals surface area contributed by atoms with E-state index in [1.54, 1.807) is 11.8 Å². The molecule has 128 valence electrons. The predicted molar refractivity (Wildman–Crippen MR) is 103 cm³/mol. The molecule has 1 amide bonds. The third kappa shape index (κ3) is 4.56. The number of hydrogen-bond acceptors (Lipinski definition) is 7. The largest absolute Gasteiger partial charge is 0.368 e. The zero-order chi connectivity index (χ0) is 16.9. The van der Waals surface area contributed by atoms with Crippen LogP contribution in [0.3, 0.4) is 0 Å². The van der Waals surface area contributed by atoms with Crippen LogP contribution < -0.4 is 4.90 Å². The Morgan fingerprint density at radius 3 is 2.67 bits per heavy atom. The summed E-state index contributed by atoms with van der Waals surface area (Å²) >= 11 is 10.6. The molecular formula is C15H17ClN4OS3. The molecule has 2 heterocycles. The van der Waals surface area contributed by atoms with Gasteiger partial charge in [0.25, 0.3) is 0 Å². The number of rotatable bonds is 5. The molecule has 0 unspecified atom stereocenters. The second-order valence-corrected chi connectivity index (χ2v) is 8.86. The summed E-state index contributed by atoms with van der Waals surface area (Å²) in [6.45, 7) is 3.12. The highest BCUT2D eigenvalue weighted by molar-refractivity contribution is 8.03. The van der Waals surface area contributed by atoms with E-state index in [0.717, 1.165) is 45.6 Å². The Morgan fingerprint density at radius 1 is 1.25 bits per heavy atom. The minimum atomic E-state index is 0.159. The van der Waals surface area contributed by atoms with E-state index < -0.39 is 0 Å². The fourth-order valence-corrected chi connectivity index (χ4v) is 4.97. The van der Waals surface area contributed by atoms with Crippen LogP contribution in [0.15, 0.2) is 32.9 Å². The third-order valence-corrected chi connectivity index (χ3v) is 6.94. The zero-order valence-corrected chi connectivity index (χ0v) is 16.4. The Bertz CT molecular complexity index is 704. The van der Waals surface area contributed by atoms with Gasteiger partial charge < -0.3 is 9.80 Å². The number of carbonyl (C=O) groups excluding carboxylic acids is 1. The Morgan fingerprint density at radius 2 is 2.00 bits per heavy atom. The van der Waals surface area contributed by atoms with Gasteiger partial charge in [-0.2, -0.15) is 0 Å². The highest BCUT2D eigenvalue weighted by atomic mass is 35.5. The van der Waals surface area contributed by atoms with Gasteiger partial charge >= 0.3 is 0 Å².